The van der Waals surface area contributed by atoms with Gasteiger partial charge in [0.15, 0.2) is 0 Å². The van der Waals surface area contributed by atoms with Crippen LogP contribution >= 0.6 is 0 Å². The summed E-state index contributed by atoms with van der Waals surface area (Å²) >= 11 is 0. The van der Waals surface area contributed by atoms with Gasteiger partial charge in [0.05, 0.1) is 0 Å². The Labute approximate surface area is 136 Å². The van der Waals surface area contributed by atoms with Crippen molar-refractivity contribution in [2.45, 2.75) is 18.1 Å². The van der Waals surface area contributed by atoms with Crippen molar-refractivity contribution in [1.82, 2.24) is 15.5 Å². The van der Waals surface area contributed by atoms with E-state index in [9.17, 15) is 26.7 Å². The fourth-order valence-electron chi connectivity index (χ4n) is 2.52. The maximum atomic E-state index is 14.0. The molecule has 4 nitrogen and oxygen atoms in total. The van der Waals surface area contributed by atoms with Crippen molar-refractivity contribution in [3.63, 3.8) is 0 Å². The molecule has 0 bridgehead atoms. The molecule has 1 aliphatic heterocycles. The first-order valence-electron chi connectivity index (χ1n) is 7.46. The quantitative estimate of drug-likeness (QED) is 0.795. The number of nitrogens with zero attached hydrogens (tertiary/aromatic N) is 1. The van der Waals surface area contributed by atoms with Crippen LogP contribution in [0.4, 0.5) is 22.0 Å². The van der Waals surface area contributed by atoms with Crippen LogP contribution < -0.4 is 10.6 Å². The minimum atomic E-state index is -4.62. The first kappa shape index (κ1) is 18.6. The third kappa shape index (κ3) is 4.41. The van der Waals surface area contributed by atoms with Crippen LogP contribution in [0.2, 0.25) is 0 Å². The molecule has 0 radical (unpaired) electrons. The van der Waals surface area contributed by atoms with Gasteiger partial charge in [-0.05, 0) is 0 Å². The van der Waals surface area contributed by atoms with Crippen molar-refractivity contribution in [3.8, 4) is 0 Å². The molecule has 2 rings (SSSR count). The SMILES string of the molecule is O=C(NCC(N1CCNCC1)C(F)(F)F)C(F)(F)c1ccccc1. The molecule has 0 saturated carbocycles. The monoisotopic (exact) mass is 351 g/mol. The predicted molar refractivity (Wildman–Crippen MR) is 77.6 cm³/mol. The van der Waals surface area contributed by atoms with Gasteiger partial charge in [0.2, 0.25) is 0 Å². The highest BCUT2D eigenvalue weighted by Crippen LogP contribution is 2.29. The first-order chi connectivity index (χ1) is 11.2. The number of hydrogen-bond acceptors (Lipinski definition) is 3. The fraction of sp³-hybridized carbons (Fsp3) is 0.533. The summed E-state index contributed by atoms with van der Waals surface area (Å²) in [6.45, 7) is 0.108. The first-order valence-corrected chi connectivity index (χ1v) is 7.46. The highest BCUT2D eigenvalue weighted by Gasteiger charge is 2.46. The van der Waals surface area contributed by atoms with Crippen LogP contribution in [-0.2, 0) is 10.7 Å². The van der Waals surface area contributed by atoms with Crippen molar-refractivity contribution in [1.29, 1.82) is 0 Å². The lowest BCUT2D eigenvalue weighted by atomic mass is 10.1. The van der Waals surface area contributed by atoms with Crippen molar-refractivity contribution < 1.29 is 26.7 Å². The molecule has 0 aliphatic carbocycles. The molecule has 1 saturated heterocycles. The Hall–Kier alpha value is -1.74. The van der Waals surface area contributed by atoms with Gasteiger partial charge in [-0.3, -0.25) is 9.69 Å². The maximum absolute atomic E-state index is 14.0. The van der Waals surface area contributed by atoms with E-state index in [4.69, 9.17) is 0 Å². The van der Waals surface area contributed by atoms with Gasteiger partial charge in [0, 0.05) is 38.3 Å². The average molecular weight is 351 g/mol. The second kappa shape index (κ2) is 7.43. The molecule has 0 spiro atoms. The van der Waals surface area contributed by atoms with E-state index < -0.39 is 36.2 Å². The van der Waals surface area contributed by atoms with Crippen LogP contribution in [0.3, 0.4) is 0 Å². The van der Waals surface area contributed by atoms with E-state index in [-0.39, 0.29) is 13.1 Å². The number of rotatable bonds is 5. The van der Waals surface area contributed by atoms with Crippen LogP contribution in [0.15, 0.2) is 30.3 Å². The minimum absolute atomic E-state index is 0.134. The number of carbonyl (C=O) groups excluding carboxylic acids is 1. The van der Waals surface area contributed by atoms with Crippen LogP contribution in [0.25, 0.3) is 0 Å². The zero-order valence-electron chi connectivity index (χ0n) is 12.7. The summed E-state index contributed by atoms with van der Waals surface area (Å²) in [7, 11) is 0. The molecule has 1 amide bonds. The number of nitrogens with one attached hydrogen (secondary N) is 2. The number of amides is 1. The molecule has 2 N–H and O–H groups in total. The molecule has 1 aromatic rings. The Morgan fingerprint density at radius 3 is 2.25 bits per heavy atom. The number of piperazine rings is 1. The average Bonchev–Trinajstić information content (AvgIpc) is 2.55. The smallest absolute Gasteiger partial charge is 0.349 e. The summed E-state index contributed by atoms with van der Waals surface area (Å²) in [6.07, 6.45) is -4.62. The Balaban J connectivity index is 2.04. The molecule has 1 heterocycles. The van der Waals surface area contributed by atoms with Crippen molar-refractivity contribution >= 4 is 5.91 Å². The van der Waals surface area contributed by atoms with Crippen LogP contribution in [0, 0.1) is 0 Å². The molecule has 1 aromatic carbocycles. The molecule has 0 aromatic heterocycles. The molecule has 1 atom stereocenters. The highest BCUT2D eigenvalue weighted by atomic mass is 19.4. The van der Waals surface area contributed by atoms with Gasteiger partial charge in [-0.15, -0.1) is 0 Å². The zero-order chi connectivity index (χ0) is 17.8. The number of hydrogen-bond donors (Lipinski definition) is 2. The fourth-order valence-corrected chi connectivity index (χ4v) is 2.52. The predicted octanol–water partition coefficient (Wildman–Crippen LogP) is 1.73. The number of benzene rings is 1. The van der Waals surface area contributed by atoms with E-state index in [0.29, 0.717) is 13.1 Å². The molecule has 1 unspecified atom stereocenters. The van der Waals surface area contributed by atoms with Gasteiger partial charge in [0.25, 0.3) is 5.91 Å². The van der Waals surface area contributed by atoms with E-state index in [1.807, 2.05) is 0 Å². The van der Waals surface area contributed by atoms with Gasteiger partial charge in [0.1, 0.15) is 6.04 Å². The van der Waals surface area contributed by atoms with Gasteiger partial charge in [-0.1, -0.05) is 30.3 Å². The zero-order valence-corrected chi connectivity index (χ0v) is 12.7. The van der Waals surface area contributed by atoms with Crippen molar-refractivity contribution in [3.05, 3.63) is 35.9 Å². The van der Waals surface area contributed by atoms with Crippen molar-refractivity contribution in [2.24, 2.45) is 0 Å². The summed E-state index contributed by atoms with van der Waals surface area (Å²) in [6, 6.07) is 4.27. The van der Waals surface area contributed by atoms with Gasteiger partial charge in [-0.25, -0.2) is 0 Å². The Morgan fingerprint density at radius 1 is 1.12 bits per heavy atom. The van der Waals surface area contributed by atoms with E-state index in [1.54, 1.807) is 5.32 Å². The van der Waals surface area contributed by atoms with E-state index in [1.165, 1.54) is 18.2 Å². The number of alkyl halides is 5. The second-order valence-corrected chi connectivity index (χ2v) is 5.49. The highest BCUT2D eigenvalue weighted by molar-refractivity contribution is 5.84. The summed E-state index contributed by atoms with van der Waals surface area (Å²) in [5, 5.41) is 4.67. The molecular weight excluding hydrogens is 333 g/mol. The Bertz CT molecular complexity index is 544. The largest absolute Gasteiger partial charge is 0.405 e. The van der Waals surface area contributed by atoms with Gasteiger partial charge in [-0.2, -0.15) is 22.0 Å². The topological polar surface area (TPSA) is 44.4 Å². The van der Waals surface area contributed by atoms with E-state index >= 15 is 0 Å². The third-order valence-corrected chi connectivity index (χ3v) is 3.85. The lowest BCUT2D eigenvalue weighted by molar-refractivity contribution is -0.185. The standard InChI is InChI=1S/C15H18F5N3O/c16-14(17,11-4-2-1-3-5-11)13(24)22-10-12(15(18,19)20)23-8-6-21-7-9-23/h1-5,12,21H,6-10H2,(H,22,24). The van der Waals surface area contributed by atoms with Gasteiger partial charge < -0.3 is 10.6 Å². The molecule has 24 heavy (non-hydrogen) atoms. The number of halogens is 5. The maximum Gasteiger partial charge on any atom is 0.405 e. The summed E-state index contributed by atoms with van der Waals surface area (Å²) in [5.41, 5.74) is -0.562. The molecule has 1 fully saturated rings. The van der Waals surface area contributed by atoms with Gasteiger partial charge >= 0.3 is 12.1 Å². The van der Waals surface area contributed by atoms with E-state index in [2.05, 4.69) is 5.32 Å². The summed E-state index contributed by atoms with van der Waals surface area (Å²) in [4.78, 5) is 12.9. The number of carbonyl (C=O) groups is 1. The third-order valence-electron chi connectivity index (χ3n) is 3.85. The molecule has 1 aliphatic rings. The summed E-state index contributed by atoms with van der Waals surface area (Å²) in [5.74, 6) is -5.63. The van der Waals surface area contributed by atoms with Crippen LogP contribution in [0.5, 0.6) is 0 Å². The molecule has 134 valence electrons. The van der Waals surface area contributed by atoms with Crippen molar-refractivity contribution in [2.75, 3.05) is 32.7 Å². The summed E-state index contributed by atoms with van der Waals surface area (Å²) < 4.78 is 67.6. The normalized spacial score (nSPS) is 18.2. The van der Waals surface area contributed by atoms with E-state index in [0.717, 1.165) is 17.0 Å². The van der Waals surface area contributed by atoms with Crippen LogP contribution in [0.1, 0.15) is 5.56 Å². The molecular formula is C15H18F5N3O. The lowest BCUT2D eigenvalue weighted by Crippen LogP contribution is -2.58. The molecule has 9 heteroatoms. The minimum Gasteiger partial charge on any atom is -0.349 e. The second-order valence-electron chi connectivity index (χ2n) is 5.49. The van der Waals surface area contributed by atoms with Crippen LogP contribution in [-0.4, -0.2) is 55.7 Å². The lowest BCUT2D eigenvalue weighted by Gasteiger charge is -2.36. The Morgan fingerprint density at radius 2 is 1.71 bits per heavy atom. The Kier molecular flexibility index (Phi) is 5.76.